The van der Waals surface area contributed by atoms with Crippen LogP contribution in [-0.2, 0) is 11.2 Å². The summed E-state index contributed by atoms with van der Waals surface area (Å²) in [5.74, 6) is -0.984. The van der Waals surface area contributed by atoms with Crippen LogP contribution in [0.2, 0.25) is 0 Å². The maximum Gasteiger partial charge on any atom is 0.256 e. The molecule has 0 unspecified atom stereocenters. The molecule has 0 spiro atoms. The maximum absolute atomic E-state index is 14.4. The second-order valence-electron chi connectivity index (χ2n) is 6.63. The predicted molar refractivity (Wildman–Crippen MR) is 110 cm³/mol. The fourth-order valence-corrected chi connectivity index (χ4v) is 3.32. The van der Waals surface area contributed by atoms with Crippen molar-refractivity contribution in [2.45, 2.75) is 19.3 Å². The third-order valence-electron chi connectivity index (χ3n) is 4.76. The largest absolute Gasteiger partial charge is 0.337 e. The molecule has 5 nitrogen and oxygen atoms in total. The average molecular weight is 406 g/mol. The first kappa shape index (κ1) is 21.9. The van der Waals surface area contributed by atoms with E-state index in [1.54, 1.807) is 15.9 Å². The molecule has 2 amide bonds. The Bertz CT molecular complexity index is 817. The summed E-state index contributed by atoms with van der Waals surface area (Å²) in [4.78, 5) is 28.1. The summed E-state index contributed by atoms with van der Waals surface area (Å²) in [5.41, 5.74) is 7.31. The van der Waals surface area contributed by atoms with Crippen molar-refractivity contribution in [1.82, 2.24) is 4.90 Å². The van der Waals surface area contributed by atoms with E-state index < -0.39 is 11.7 Å². The lowest BCUT2D eigenvalue weighted by molar-refractivity contribution is -0.117. The van der Waals surface area contributed by atoms with Crippen LogP contribution in [0, 0.1) is 5.82 Å². The third kappa shape index (κ3) is 5.09. The highest BCUT2D eigenvalue weighted by atomic mass is 35.5. The molecular weight excluding hydrogens is 381 g/mol. The minimum Gasteiger partial charge on any atom is -0.337 e. The Hall–Kier alpha value is -2.44. The first-order chi connectivity index (χ1) is 13.1. The summed E-state index contributed by atoms with van der Waals surface area (Å²) in [7, 11) is 0. The second kappa shape index (κ2) is 10.2. The Morgan fingerprint density at radius 2 is 1.89 bits per heavy atom. The van der Waals surface area contributed by atoms with Crippen LogP contribution >= 0.6 is 12.4 Å². The predicted octanol–water partition coefficient (Wildman–Crippen LogP) is 3.02. The van der Waals surface area contributed by atoms with Crippen LogP contribution in [0.15, 0.2) is 48.5 Å². The van der Waals surface area contributed by atoms with Crippen molar-refractivity contribution in [3.05, 3.63) is 65.5 Å². The Morgan fingerprint density at radius 1 is 1.14 bits per heavy atom. The Morgan fingerprint density at radius 3 is 2.54 bits per heavy atom. The van der Waals surface area contributed by atoms with E-state index in [2.05, 4.69) is 0 Å². The van der Waals surface area contributed by atoms with Crippen molar-refractivity contribution in [3.8, 4) is 0 Å². The van der Waals surface area contributed by atoms with Crippen LogP contribution in [0.1, 0.15) is 28.8 Å². The highest BCUT2D eigenvalue weighted by Crippen LogP contribution is 2.24. The van der Waals surface area contributed by atoms with Gasteiger partial charge >= 0.3 is 0 Å². The van der Waals surface area contributed by atoms with Gasteiger partial charge in [0.2, 0.25) is 5.91 Å². The summed E-state index contributed by atoms with van der Waals surface area (Å²) < 4.78 is 14.4. The van der Waals surface area contributed by atoms with Crippen LogP contribution in [-0.4, -0.2) is 42.9 Å². The van der Waals surface area contributed by atoms with E-state index in [9.17, 15) is 14.0 Å². The first-order valence-corrected chi connectivity index (χ1v) is 9.23. The number of carbonyl (C=O) groups excluding carboxylic acids is 2. The molecule has 3 rings (SSSR count). The van der Waals surface area contributed by atoms with Gasteiger partial charge in [-0.3, -0.25) is 9.59 Å². The molecule has 1 heterocycles. The fourth-order valence-electron chi connectivity index (χ4n) is 3.32. The van der Waals surface area contributed by atoms with Gasteiger partial charge in [0.05, 0.1) is 5.56 Å². The zero-order valence-corrected chi connectivity index (χ0v) is 16.5. The number of hydrogen-bond acceptors (Lipinski definition) is 3. The van der Waals surface area contributed by atoms with E-state index in [4.69, 9.17) is 5.73 Å². The Kier molecular flexibility index (Phi) is 7.96. The van der Waals surface area contributed by atoms with Crippen LogP contribution < -0.4 is 10.6 Å². The van der Waals surface area contributed by atoms with Crippen molar-refractivity contribution in [3.63, 3.8) is 0 Å². The summed E-state index contributed by atoms with van der Waals surface area (Å²) in [6.45, 7) is 1.69. The molecule has 28 heavy (non-hydrogen) atoms. The number of hydrogen-bond donors (Lipinski definition) is 1. The molecule has 0 aromatic heterocycles. The van der Waals surface area contributed by atoms with E-state index in [0.29, 0.717) is 44.7 Å². The van der Waals surface area contributed by atoms with E-state index in [0.717, 1.165) is 12.0 Å². The average Bonchev–Trinajstić information content (AvgIpc) is 3.12. The number of nitrogens with two attached hydrogens (primary N) is 1. The van der Waals surface area contributed by atoms with Gasteiger partial charge in [-0.05, 0) is 36.6 Å². The molecule has 1 aliphatic rings. The first-order valence-electron chi connectivity index (χ1n) is 9.23. The molecule has 2 aromatic carbocycles. The molecule has 0 bridgehead atoms. The van der Waals surface area contributed by atoms with Gasteiger partial charge in [0, 0.05) is 38.3 Å². The second-order valence-corrected chi connectivity index (χ2v) is 6.63. The molecule has 1 fully saturated rings. The zero-order chi connectivity index (χ0) is 19.2. The third-order valence-corrected chi connectivity index (χ3v) is 4.76. The molecule has 0 atom stereocenters. The number of benzene rings is 2. The van der Waals surface area contributed by atoms with Gasteiger partial charge in [-0.2, -0.15) is 0 Å². The van der Waals surface area contributed by atoms with Gasteiger partial charge in [0.1, 0.15) is 5.82 Å². The summed E-state index contributed by atoms with van der Waals surface area (Å²) in [6, 6.07) is 14.1. The molecular formula is C21H25ClFN3O2. The molecule has 2 aromatic rings. The standard InChI is InChI=1S/C21H24FN3O2.ClH/c22-19-9-8-17(25-12-4-7-20(25)26)15-18(19)21(27)24(14-11-23)13-10-16-5-2-1-3-6-16;/h1-3,5-6,8-9,15H,4,7,10-14,23H2;1H. The minimum atomic E-state index is -0.586. The van der Waals surface area contributed by atoms with Crippen LogP contribution in [0.4, 0.5) is 10.1 Å². The topological polar surface area (TPSA) is 66.6 Å². The summed E-state index contributed by atoms with van der Waals surface area (Å²) >= 11 is 0. The SMILES string of the molecule is Cl.NCCN(CCc1ccccc1)C(=O)c1cc(N2CCCC2=O)ccc1F. The Balaban J connectivity index is 0.00000280. The lowest BCUT2D eigenvalue weighted by atomic mass is 10.1. The van der Waals surface area contributed by atoms with Gasteiger partial charge in [0.15, 0.2) is 0 Å². The van der Waals surface area contributed by atoms with Gasteiger partial charge < -0.3 is 15.5 Å². The number of anilines is 1. The van der Waals surface area contributed by atoms with Gasteiger partial charge in [-0.25, -0.2) is 4.39 Å². The molecule has 150 valence electrons. The molecule has 2 N–H and O–H groups in total. The summed E-state index contributed by atoms with van der Waals surface area (Å²) in [6.07, 6.45) is 1.92. The van der Waals surface area contributed by atoms with Crippen molar-refractivity contribution < 1.29 is 14.0 Å². The van der Waals surface area contributed by atoms with E-state index in [1.807, 2.05) is 30.3 Å². The highest BCUT2D eigenvalue weighted by molar-refractivity contribution is 5.99. The van der Waals surface area contributed by atoms with Crippen LogP contribution in [0.25, 0.3) is 0 Å². The van der Waals surface area contributed by atoms with E-state index in [-0.39, 0.29) is 23.9 Å². The normalized spacial score (nSPS) is 13.4. The molecule has 7 heteroatoms. The van der Waals surface area contributed by atoms with Gasteiger partial charge in [0.25, 0.3) is 5.91 Å². The van der Waals surface area contributed by atoms with Crippen molar-refractivity contribution in [1.29, 1.82) is 0 Å². The van der Waals surface area contributed by atoms with Crippen LogP contribution in [0.3, 0.4) is 0 Å². The number of halogens is 2. The number of nitrogens with zero attached hydrogens (tertiary/aromatic N) is 2. The lowest BCUT2D eigenvalue weighted by Gasteiger charge is -2.23. The molecule has 0 aliphatic carbocycles. The van der Waals surface area contributed by atoms with Crippen molar-refractivity contribution >= 4 is 29.9 Å². The smallest absolute Gasteiger partial charge is 0.256 e. The van der Waals surface area contributed by atoms with Crippen molar-refractivity contribution in [2.24, 2.45) is 5.73 Å². The number of carbonyl (C=O) groups is 2. The molecule has 0 saturated carbocycles. The summed E-state index contributed by atoms with van der Waals surface area (Å²) in [5, 5.41) is 0. The monoisotopic (exact) mass is 405 g/mol. The Labute approximate surface area is 170 Å². The number of rotatable bonds is 7. The zero-order valence-electron chi connectivity index (χ0n) is 15.6. The fraction of sp³-hybridized carbons (Fsp3) is 0.333. The van der Waals surface area contributed by atoms with E-state index in [1.165, 1.54) is 12.1 Å². The highest BCUT2D eigenvalue weighted by Gasteiger charge is 2.25. The van der Waals surface area contributed by atoms with Crippen LogP contribution in [0.5, 0.6) is 0 Å². The lowest BCUT2D eigenvalue weighted by Crippen LogP contribution is -2.37. The molecule has 0 radical (unpaired) electrons. The molecule has 1 aliphatic heterocycles. The van der Waals surface area contributed by atoms with Crippen molar-refractivity contribution in [2.75, 3.05) is 31.1 Å². The molecule has 1 saturated heterocycles. The van der Waals surface area contributed by atoms with Gasteiger partial charge in [-0.15, -0.1) is 12.4 Å². The van der Waals surface area contributed by atoms with E-state index >= 15 is 0 Å². The quantitative estimate of drug-likeness (QED) is 0.770. The number of amides is 2. The minimum absolute atomic E-state index is 0. The maximum atomic E-state index is 14.4. The van der Waals surface area contributed by atoms with Gasteiger partial charge in [-0.1, -0.05) is 30.3 Å².